The van der Waals surface area contributed by atoms with Gasteiger partial charge in [-0.15, -0.1) is 10.2 Å². The third-order valence-electron chi connectivity index (χ3n) is 9.99. The number of benzene rings is 4. The Hall–Kier alpha value is -5.52. The van der Waals surface area contributed by atoms with Crippen LogP contribution in [0.1, 0.15) is 36.8 Å². The monoisotopic (exact) mass is 932 g/mol. The molecule has 292 valence electrons. The summed E-state index contributed by atoms with van der Waals surface area (Å²) in [5.41, 5.74) is 2.92. The summed E-state index contributed by atoms with van der Waals surface area (Å²) >= 11 is 17.9. The van der Waals surface area contributed by atoms with E-state index in [9.17, 15) is 0 Å². The Kier molecular flexibility index (Phi) is 13.5. The lowest BCUT2D eigenvalue weighted by molar-refractivity contribution is 0.466. The van der Waals surface area contributed by atoms with Crippen LogP contribution in [0.2, 0.25) is 0 Å². The van der Waals surface area contributed by atoms with E-state index in [4.69, 9.17) is 35.0 Å². The van der Waals surface area contributed by atoms with Gasteiger partial charge in [0, 0.05) is 80.1 Å². The third kappa shape index (κ3) is 10.5. The number of nitriles is 2. The summed E-state index contributed by atoms with van der Waals surface area (Å²) in [7, 11) is 0. The number of thiocarbonyl (C=S) groups is 2. The maximum absolute atomic E-state index is 9.01. The van der Waals surface area contributed by atoms with Crippen LogP contribution in [0.5, 0.6) is 0 Å². The Bertz CT molecular complexity index is 2510. The molecule has 2 aromatic heterocycles. The smallest absolute Gasteiger partial charge is 0.170 e. The van der Waals surface area contributed by atoms with Crippen molar-refractivity contribution in [1.82, 2.24) is 31.0 Å². The molecule has 0 spiro atoms. The Morgan fingerprint density at radius 1 is 0.603 bits per heavy atom. The van der Waals surface area contributed by atoms with Crippen LogP contribution in [0.15, 0.2) is 106 Å². The fraction of sp³-hybridized carbons (Fsp3) is 0.238. The van der Waals surface area contributed by atoms with Crippen molar-refractivity contribution in [3.8, 4) is 12.1 Å². The van der Waals surface area contributed by atoms with E-state index in [-0.39, 0.29) is 0 Å². The fourth-order valence-corrected chi connectivity index (χ4v) is 8.35. The number of anilines is 4. The van der Waals surface area contributed by atoms with Crippen LogP contribution in [0.3, 0.4) is 0 Å². The first-order valence-electron chi connectivity index (χ1n) is 18.7. The second-order valence-electron chi connectivity index (χ2n) is 13.9. The van der Waals surface area contributed by atoms with Gasteiger partial charge in [-0.2, -0.15) is 20.7 Å². The first kappa shape index (κ1) is 40.7. The summed E-state index contributed by atoms with van der Waals surface area (Å²) in [5, 5.41) is 53.7. The van der Waals surface area contributed by atoms with Crippen molar-refractivity contribution in [2.24, 2.45) is 0 Å². The lowest BCUT2D eigenvalue weighted by Crippen LogP contribution is -2.46. The molecular weight excluding hydrogens is 896 g/mol. The molecule has 58 heavy (non-hydrogen) atoms. The predicted molar refractivity (Wildman–Crippen MR) is 246 cm³/mol. The fourth-order valence-electron chi connectivity index (χ4n) is 7.03. The van der Waals surface area contributed by atoms with E-state index in [1.54, 1.807) is 36.7 Å². The number of fused-ring (bicyclic) bond motifs is 2. The molecule has 8 rings (SSSR count). The molecule has 6 aromatic rings. The maximum atomic E-state index is 9.01. The number of hydrogen-bond donors (Lipinski definition) is 4. The average molecular weight is 935 g/mol. The maximum Gasteiger partial charge on any atom is 0.170 e. The normalized spacial score (nSPS) is 14.4. The summed E-state index contributed by atoms with van der Waals surface area (Å²) in [6.07, 6.45) is 7.42. The molecule has 0 saturated carbocycles. The van der Waals surface area contributed by atoms with Crippen LogP contribution < -0.4 is 31.1 Å². The van der Waals surface area contributed by atoms with E-state index >= 15 is 0 Å². The van der Waals surface area contributed by atoms with Crippen molar-refractivity contribution in [3.05, 3.63) is 117 Å². The molecule has 0 aliphatic carbocycles. The number of nitrogens with zero attached hydrogens (tertiary/aromatic N) is 8. The molecule has 0 atom stereocenters. The largest absolute Gasteiger partial charge is 0.360 e. The lowest BCUT2D eigenvalue weighted by atomic mass is 10.0. The van der Waals surface area contributed by atoms with E-state index < -0.39 is 0 Å². The average Bonchev–Trinajstić information content (AvgIpc) is 3.24. The zero-order chi connectivity index (χ0) is 40.4. The molecule has 4 N–H and O–H groups in total. The molecule has 4 heterocycles. The van der Waals surface area contributed by atoms with Crippen molar-refractivity contribution >= 4 is 111 Å². The highest BCUT2D eigenvalue weighted by atomic mass is 79.9. The van der Waals surface area contributed by atoms with E-state index in [2.05, 4.69) is 120 Å². The molecule has 2 aliphatic heterocycles. The summed E-state index contributed by atoms with van der Waals surface area (Å²) in [4.78, 5) is 4.58. The summed E-state index contributed by atoms with van der Waals surface area (Å²) < 4.78 is 2.07. The molecule has 2 saturated heterocycles. The molecule has 4 aromatic carbocycles. The molecule has 12 nitrogen and oxygen atoms in total. The molecule has 0 unspecified atom stereocenters. The summed E-state index contributed by atoms with van der Waals surface area (Å²) in [6, 6.07) is 31.8. The Morgan fingerprint density at radius 3 is 1.57 bits per heavy atom. The van der Waals surface area contributed by atoms with Gasteiger partial charge in [-0.1, -0.05) is 37.9 Å². The van der Waals surface area contributed by atoms with Gasteiger partial charge in [0.15, 0.2) is 21.9 Å². The van der Waals surface area contributed by atoms with E-state index in [0.29, 0.717) is 33.4 Å². The van der Waals surface area contributed by atoms with Crippen LogP contribution >= 0.6 is 56.3 Å². The number of aromatic nitrogens is 4. The van der Waals surface area contributed by atoms with Gasteiger partial charge in [-0.3, -0.25) is 0 Å². The first-order chi connectivity index (χ1) is 28.2. The predicted octanol–water partition coefficient (Wildman–Crippen LogP) is 8.44. The SMILES string of the molecule is N#Cc1ccc(NC(=S)NC2CCN(c3nncc4cc(Br)ccc34)CC2)cc1.N#Cc1cccc(NC(=S)NC2CCN(c3nncc4cc(Br)ccc34)CC2)c1. The minimum atomic E-state index is 0.294. The van der Waals surface area contributed by atoms with Gasteiger partial charge in [-0.25, -0.2) is 0 Å². The van der Waals surface area contributed by atoms with Crippen LogP contribution in [-0.4, -0.2) is 68.9 Å². The third-order valence-corrected chi connectivity index (χ3v) is 11.4. The zero-order valence-electron chi connectivity index (χ0n) is 31.2. The zero-order valence-corrected chi connectivity index (χ0v) is 36.0. The van der Waals surface area contributed by atoms with Crippen molar-refractivity contribution in [1.29, 1.82) is 10.5 Å². The van der Waals surface area contributed by atoms with Gasteiger partial charge in [0.25, 0.3) is 0 Å². The quantitative estimate of drug-likeness (QED) is 0.118. The lowest BCUT2D eigenvalue weighted by Gasteiger charge is -2.34. The second kappa shape index (κ2) is 19.3. The summed E-state index contributed by atoms with van der Waals surface area (Å²) in [6.45, 7) is 3.55. The van der Waals surface area contributed by atoms with E-state index in [1.807, 2.05) is 36.4 Å². The van der Waals surface area contributed by atoms with Gasteiger partial charge in [0.05, 0.1) is 35.7 Å². The minimum Gasteiger partial charge on any atom is -0.360 e. The van der Waals surface area contributed by atoms with Crippen LogP contribution in [0.4, 0.5) is 23.0 Å². The molecule has 2 fully saturated rings. The van der Waals surface area contributed by atoms with Gasteiger partial charge in [-0.05, 0) is 129 Å². The standard InChI is InChI=1S/2C21H19BrN6S/c22-16-3-6-19-15(11-16)13-24-27-20(19)28-9-7-18(8-10-28)26-21(29)25-17-4-1-14(12-23)2-5-17;22-16-4-5-19-15(11-16)13-24-27-20(19)28-8-6-17(7-9-28)25-21(29)26-18-3-1-2-14(10-18)12-23/h1-6,11,13,18H,7-10H2,(H2,25,26,29);1-5,10-11,13,17H,6-9H2,(H2,25,26,29). The van der Waals surface area contributed by atoms with Crippen molar-refractivity contribution in [2.45, 2.75) is 37.8 Å². The first-order valence-corrected chi connectivity index (χ1v) is 21.1. The molecule has 16 heteroatoms. The Labute approximate surface area is 364 Å². The number of nitrogens with one attached hydrogen (secondary N) is 4. The summed E-state index contributed by atoms with van der Waals surface area (Å²) in [5.74, 6) is 1.87. The van der Waals surface area contributed by atoms with Crippen molar-refractivity contribution in [2.75, 3.05) is 46.6 Å². The molecule has 0 bridgehead atoms. The van der Waals surface area contributed by atoms with Crippen molar-refractivity contribution in [3.63, 3.8) is 0 Å². The second-order valence-corrected chi connectivity index (χ2v) is 16.5. The van der Waals surface area contributed by atoms with Gasteiger partial charge < -0.3 is 31.1 Å². The highest BCUT2D eigenvalue weighted by molar-refractivity contribution is 9.10. The molecular formula is C42H38Br2N12S2. The van der Waals surface area contributed by atoms with E-state index in [0.717, 1.165) is 105 Å². The van der Waals surface area contributed by atoms with Crippen LogP contribution in [-0.2, 0) is 0 Å². The molecule has 0 amide bonds. The van der Waals surface area contributed by atoms with Gasteiger partial charge in [0.1, 0.15) is 0 Å². The number of halogens is 2. The molecule has 2 aliphatic rings. The molecule has 0 radical (unpaired) electrons. The number of hydrogen-bond acceptors (Lipinski definition) is 10. The van der Waals surface area contributed by atoms with Gasteiger partial charge >= 0.3 is 0 Å². The topological polar surface area (TPSA) is 154 Å². The number of piperidine rings is 2. The van der Waals surface area contributed by atoms with Crippen LogP contribution in [0.25, 0.3) is 21.5 Å². The van der Waals surface area contributed by atoms with Gasteiger partial charge in [0.2, 0.25) is 0 Å². The Balaban J connectivity index is 0.000000177. The number of rotatable bonds is 6. The highest BCUT2D eigenvalue weighted by Crippen LogP contribution is 2.30. The highest BCUT2D eigenvalue weighted by Gasteiger charge is 2.24. The van der Waals surface area contributed by atoms with E-state index in [1.165, 1.54) is 0 Å². The van der Waals surface area contributed by atoms with Crippen LogP contribution in [0, 0.1) is 22.7 Å². The van der Waals surface area contributed by atoms with Crippen molar-refractivity contribution < 1.29 is 0 Å². The Morgan fingerprint density at radius 2 is 1.09 bits per heavy atom. The minimum absolute atomic E-state index is 0.294.